The molecule has 8 nitrogen and oxygen atoms in total. The molecule has 0 aliphatic carbocycles. The third-order valence-electron chi connectivity index (χ3n) is 5.83. The highest BCUT2D eigenvalue weighted by molar-refractivity contribution is 5.87. The van der Waals surface area contributed by atoms with Crippen molar-refractivity contribution >= 4 is 10.9 Å². The third-order valence-corrected chi connectivity index (χ3v) is 5.83. The monoisotopic (exact) mass is 445 g/mol. The second-order valence-corrected chi connectivity index (χ2v) is 8.20. The minimum absolute atomic E-state index is 0.212. The van der Waals surface area contributed by atoms with Crippen LogP contribution < -0.4 is 4.74 Å². The maximum absolute atomic E-state index is 9.52. The van der Waals surface area contributed by atoms with Gasteiger partial charge in [0.25, 0.3) is 0 Å². The summed E-state index contributed by atoms with van der Waals surface area (Å²) in [5.74, 6) is 0.991. The Balaban J connectivity index is 1.35. The molecule has 2 aromatic carbocycles. The van der Waals surface area contributed by atoms with Gasteiger partial charge in [-0.2, -0.15) is 0 Å². The number of rotatable bonds is 7. The molecule has 0 radical (unpaired) electrons. The van der Waals surface area contributed by atoms with Gasteiger partial charge in [0.1, 0.15) is 22.7 Å². The van der Waals surface area contributed by atoms with E-state index in [2.05, 4.69) is 21.3 Å². The first-order valence-electron chi connectivity index (χ1n) is 11.2. The van der Waals surface area contributed by atoms with Gasteiger partial charge in [-0.1, -0.05) is 17.3 Å². The minimum atomic E-state index is 0.212. The predicted octanol–water partition coefficient (Wildman–Crippen LogP) is 3.60. The molecule has 33 heavy (non-hydrogen) atoms. The van der Waals surface area contributed by atoms with Crippen LogP contribution in [0, 0.1) is 6.92 Å². The number of ether oxygens (including phenoxy) is 2. The number of morpholine rings is 1. The summed E-state index contributed by atoms with van der Waals surface area (Å²) in [6, 6.07) is 15.0. The highest BCUT2D eigenvalue weighted by Crippen LogP contribution is 2.29. The topological polar surface area (TPSA) is 85.5 Å². The third kappa shape index (κ3) is 4.81. The Labute approximate surface area is 192 Å². The average molecular weight is 446 g/mol. The van der Waals surface area contributed by atoms with E-state index in [0.29, 0.717) is 12.3 Å². The number of hydrogen-bond donors (Lipinski definition) is 1. The van der Waals surface area contributed by atoms with E-state index in [0.717, 1.165) is 72.9 Å². The number of benzene rings is 2. The van der Waals surface area contributed by atoms with Crippen molar-refractivity contribution in [3.8, 4) is 28.6 Å². The Bertz CT molecular complexity index is 1230. The van der Waals surface area contributed by atoms with Crippen molar-refractivity contribution < 1.29 is 14.6 Å². The highest BCUT2D eigenvalue weighted by atomic mass is 16.5. The summed E-state index contributed by atoms with van der Waals surface area (Å²) in [5, 5.41) is 19.1. The minimum Gasteiger partial charge on any atom is -0.508 e. The van der Waals surface area contributed by atoms with Gasteiger partial charge < -0.3 is 14.6 Å². The first-order chi connectivity index (χ1) is 16.2. The van der Waals surface area contributed by atoms with Crippen molar-refractivity contribution in [2.75, 3.05) is 39.5 Å². The number of phenols is 1. The van der Waals surface area contributed by atoms with E-state index in [4.69, 9.17) is 14.5 Å². The maximum atomic E-state index is 9.52. The molecule has 1 fully saturated rings. The first-order valence-corrected chi connectivity index (χ1v) is 11.2. The van der Waals surface area contributed by atoms with E-state index in [9.17, 15) is 5.11 Å². The summed E-state index contributed by atoms with van der Waals surface area (Å²) in [5.41, 5.74) is 4.11. The summed E-state index contributed by atoms with van der Waals surface area (Å²) >= 11 is 0. The second-order valence-electron chi connectivity index (χ2n) is 8.20. The van der Waals surface area contributed by atoms with Crippen LogP contribution in [0.2, 0.25) is 0 Å². The summed E-state index contributed by atoms with van der Waals surface area (Å²) < 4.78 is 13.2. The van der Waals surface area contributed by atoms with E-state index >= 15 is 0 Å². The molecule has 0 amide bonds. The van der Waals surface area contributed by atoms with Crippen molar-refractivity contribution in [3.63, 3.8) is 0 Å². The average Bonchev–Trinajstić information content (AvgIpc) is 3.32. The predicted molar refractivity (Wildman–Crippen MR) is 126 cm³/mol. The van der Waals surface area contributed by atoms with Crippen LogP contribution in [-0.2, 0) is 4.74 Å². The lowest BCUT2D eigenvalue weighted by molar-refractivity contribution is 0.0358. The van der Waals surface area contributed by atoms with E-state index in [1.54, 1.807) is 28.9 Å². The number of phenolic OH excluding ortho intramolecular Hbond substituents is 1. The van der Waals surface area contributed by atoms with Crippen molar-refractivity contribution in [1.82, 2.24) is 24.9 Å². The standard InChI is InChI=1S/C25H27N5O3/c1-18-16-19-4-2-5-23(33-13-3-10-29-11-14-32-15-12-29)25(19)26-24(18)22-17-30(28-27-22)20-6-8-21(31)9-7-20/h2,4-9,16-17,31H,3,10-15H2,1H3. The van der Waals surface area contributed by atoms with Crippen molar-refractivity contribution in [1.29, 1.82) is 0 Å². The van der Waals surface area contributed by atoms with Crippen LogP contribution in [-0.4, -0.2) is 69.4 Å². The number of fused-ring (bicyclic) bond motifs is 1. The van der Waals surface area contributed by atoms with Crippen molar-refractivity contribution in [2.24, 2.45) is 0 Å². The van der Waals surface area contributed by atoms with Crippen LogP contribution in [0.1, 0.15) is 12.0 Å². The molecule has 0 atom stereocenters. The fraction of sp³-hybridized carbons (Fsp3) is 0.320. The molecule has 5 rings (SSSR count). The molecule has 170 valence electrons. The van der Waals surface area contributed by atoms with E-state index in [-0.39, 0.29) is 5.75 Å². The summed E-state index contributed by atoms with van der Waals surface area (Å²) in [7, 11) is 0. The number of aryl methyl sites for hydroxylation is 1. The normalized spacial score (nSPS) is 14.6. The van der Waals surface area contributed by atoms with Gasteiger partial charge in [-0.05, 0) is 55.3 Å². The molecule has 0 unspecified atom stereocenters. The van der Waals surface area contributed by atoms with E-state index in [1.807, 2.05) is 31.3 Å². The largest absolute Gasteiger partial charge is 0.508 e. The summed E-state index contributed by atoms with van der Waals surface area (Å²) in [6.07, 6.45) is 2.80. The van der Waals surface area contributed by atoms with Gasteiger partial charge in [0.2, 0.25) is 0 Å². The Morgan fingerprint density at radius 3 is 2.73 bits per heavy atom. The van der Waals surface area contributed by atoms with Gasteiger partial charge in [0, 0.05) is 25.0 Å². The molecule has 2 aromatic heterocycles. The molecule has 0 spiro atoms. The maximum Gasteiger partial charge on any atom is 0.145 e. The Hall–Kier alpha value is -3.49. The van der Waals surface area contributed by atoms with Crippen LogP contribution in [0.3, 0.4) is 0 Å². The number of nitrogens with zero attached hydrogens (tertiary/aromatic N) is 5. The molecule has 8 heteroatoms. The smallest absolute Gasteiger partial charge is 0.145 e. The molecule has 1 saturated heterocycles. The fourth-order valence-corrected chi connectivity index (χ4v) is 4.05. The quantitative estimate of drug-likeness (QED) is 0.435. The highest BCUT2D eigenvalue weighted by Gasteiger charge is 2.14. The van der Waals surface area contributed by atoms with Crippen LogP contribution in [0.25, 0.3) is 28.0 Å². The molecule has 1 aliphatic heterocycles. The molecule has 0 bridgehead atoms. The summed E-state index contributed by atoms with van der Waals surface area (Å²) in [6.45, 7) is 7.27. The Morgan fingerprint density at radius 1 is 1.09 bits per heavy atom. The summed E-state index contributed by atoms with van der Waals surface area (Å²) in [4.78, 5) is 7.34. The second kappa shape index (κ2) is 9.56. The number of para-hydroxylation sites is 1. The number of aromatic hydroxyl groups is 1. The number of aromatic nitrogens is 4. The van der Waals surface area contributed by atoms with Crippen molar-refractivity contribution in [3.05, 3.63) is 60.3 Å². The molecular formula is C25H27N5O3. The molecule has 0 saturated carbocycles. The number of hydrogen-bond acceptors (Lipinski definition) is 7. The van der Waals surface area contributed by atoms with Gasteiger partial charge in [-0.25, -0.2) is 9.67 Å². The lowest BCUT2D eigenvalue weighted by Gasteiger charge is -2.26. The Kier molecular flexibility index (Phi) is 6.19. The van der Waals surface area contributed by atoms with Gasteiger partial charge in [-0.15, -0.1) is 5.10 Å². The van der Waals surface area contributed by atoms with Crippen LogP contribution in [0.5, 0.6) is 11.5 Å². The van der Waals surface area contributed by atoms with Gasteiger partial charge in [-0.3, -0.25) is 4.90 Å². The van der Waals surface area contributed by atoms with Crippen LogP contribution in [0.4, 0.5) is 0 Å². The molecule has 4 aromatic rings. The van der Waals surface area contributed by atoms with Gasteiger partial charge in [0.05, 0.1) is 37.4 Å². The van der Waals surface area contributed by atoms with Gasteiger partial charge in [0.15, 0.2) is 0 Å². The van der Waals surface area contributed by atoms with E-state index in [1.165, 1.54) is 0 Å². The van der Waals surface area contributed by atoms with Gasteiger partial charge >= 0.3 is 0 Å². The van der Waals surface area contributed by atoms with Crippen LogP contribution in [0.15, 0.2) is 54.7 Å². The lowest BCUT2D eigenvalue weighted by Crippen LogP contribution is -2.37. The zero-order valence-corrected chi connectivity index (χ0v) is 18.6. The SMILES string of the molecule is Cc1cc2cccc(OCCCN3CCOCC3)c2nc1-c1cn(-c2ccc(O)cc2)nn1. The zero-order chi connectivity index (χ0) is 22.6. The molecule has 1 aliphatic rings. The molecular weight excluding hydrogens is 418 g/mol. The number of pyridine rings is 1. The van der Waals surface area contributed by atoms with Crippen molar-refractivity contribution in [2.45, 2.75) is 13.3 Å². The van der Waals surface area contributed by atoms with E-state index < -0.39 is 0 Å². The van der Waals surface area contributed by atoms with Crippen LogP contribution >= 0.6 is 0 Å². The zero-order valence-electron chi connectivity index (χ0n) is 18.6. The fourth-order valence-electron chi connectivity index (χ4n) is 4.05. The first kappa shape index (κ1) is 21.4. The lowest BCUT2D eigenvalue weighted by atomic mass is 10.1. The molecule has 1 N–H and O–H groups in total. The molecule has 3 heterocycles. The Morgan fingerprint density at radius 2 is 1.91 bits per heavy atom.